The minimum absolute atomic E-state index is 0. The third-order valence-corrected chi connectivity index (χ3v) is 4.47. The summed E-state index contributed by atoms with van der Waals surface area (Å²) in [4.78, 5) is 14.9. The van der Waals surface area contributed by atoms with Crippen molar-refractivity contribution in [2.75, 3.05) is 20.2 Å². The molecule has 1 aliphatic heterocycles. The number of methoxy groups -OCH3 is 1. The summed E-state index contributed by atoms with van der Waals surface area (Å²) in [7, 11) is 1.67. The Morgan fingerprint density at radius 3 is 2.36 bits per heavy atom. The van der Waals surface area contributed by atoms with Crippen molar-refractivity contribution in [2.24, 2.45) is 5.92 Å². The minimum Gasteiger partial charge on any atom is -0.497 e. The molecule has 22 heavy (non-hydrogen) atoms. The molecule has 0 aromatic heterocycles. The van der Waals surface area contributed by atoms with E-state index in [1.807, 2.05) is 12.1 Å². The van der Waals surface area contributed by atoms with Crippen LogP contribution >= 0.6 is 12.4 Å². The molecule has 1 amide bonds. The van der Waals surface area contributed by atoms with Gasteiger partial charge in [0.05, 0.1) is 7.11 Å². The van der Waals surface area contributed by atoms with Crippen molar-refractivity contribution in [1.29, 1.82) is 0 Å². The molecule has 0 unspecified atom stereocenters. The number of ether oxygens (including phenoxy) is 1. The fourth-order valence-corrected chi connectivity index (χ4v) is 3.00. The van der Waals surface area contributed by atoms with Crippen LogP contribution in [-0.2, 0) is 11.3 Å². The van der Waals surface area contributed by atoms with Crippen LogP contribution in [0.15, 0.2) is 24.3 Å². The second kappa shape index (κ2) is 7.84. The van der Waals surface area contributed by atoms with Crippen LogP contribution in [0.3, 0.4) is 0 Å². The lowest BCUT2D eigenvalue weighted by atomic mass is 9.96. The zero-order valence-electron chi connectivity index (χ0n) is 13.1. The van der Waals surface area contributed by atoms with E-state index in [0.717, 1.165) is 51.1 Å². The molecule has 1 aliphatic carbocycles. The highest BCUT2D eigenvalue weighted by atomic mass is 35.5. The molecular formula is C17H25ClN2O2. The van der Waals surface area contributed by atoms with Gasteiger partial charge in [-0.3, -0.25) is 4.79 Å². The molecule has 122 valence electrons. The minimum atomic E-state index is 0. The Hall–Kier alpha value is -1.26. The predicted octanol–water partition coefficient (Wildman–Crippen LogP) is 2.61. The monoisotopic (exact) mass is 324 g/mol. The average molecular weight is 325 g/mol. The van der Waals surface area contributed by atoms with Gasteiger partial charge in [-0.1, -0.05) is 12.1 Å². The third-order valence-electron chi connectivity index (χ3n) is 4.47. The van der Waals surface area contributed by atoms with E-state index in [-0.39, 0.29) is 18.3 Å². The van der Waals surface area contributed by atoms with Crippen LogP contribution in [0, 0.1) is 5.92 Å². The van der Waals surface area contributed by atoms with Gasteiger partial charge in [0, 0.05) is 18.5 Å². The molecule has 0 atom stereocenters. The van der Waals surface area contributed by atoms with E-state index >= 15 is 0 Å². The van der Waals surface area contributed by atoms with Crippen LogP contribution in [0.5, 0.6) is 5.75 Å². The fourth-order valence-electron chi connectivity index (χ4n) is 3.00. The molecule has 2 fully saturated rings. The standard InChI is InChI=1S/C17H24N2O2.ClH/c1-21-16-6-2-13(3-7-16)12-19(15-4-5-15)17(20)14-8-10-18-11-9-14;/h2-3,6-7,14-15,18H,4-5,8-12H2,1H3;1H. The molecule has 0 radical (unpaired) electrons. The van der Waals surface area contributed by atoms with Crippen molar-refractivity contribution in [3.8, 4) is 5.75 Å². The summed E-state index contributed by atoms with van der Waals surface area (Å²) < 4.78 is 5.19. The van der Waals surface area contributed by atoms with Gasteiger partial charge in [0.15, 0.2) is 0 Å². The number of nitrogens with one attached hydrogen (secondary N) is 1. The fraction of sp³-hybridized carbons (Fsp3) is 0.588. The molecule has 1 aromatic rings. The van der Waals surface area contributed by atoms with Crippen LogP contribution in [-0.4, -0.2) is 37.0 Å². The molecule has 4 nitrogen and oxygen atoms in total. The van der Waals surface area contributed by atoms with Gasteiger partial charge in [-0.15, -0.1) is 12.4 Å². The van der Waals surface area contributed by atoms with Crippen molar-refractivity contribution in [3.05, 3.63) is 29.8 Å². The van der Waals surface area contributed by atoms with E-state index in [1.54, 1.807) is 7.11 Å². The Balaban J connectivity index is 0.00000176. The number of carbonyl (C=O) groups excluding carboxylic acids is 1. The van der Waals surface area contributed by atoms with Gasteiger partial charge in [-0.05, 0) is 56.5 Å². The molecule has 0 bridgehead atoms. The highest BCUT2D eigenvalue weighted by molar-refractivity contribution is 5.85. The number of halogens is 1. The lowest BCUT2D eigenvalue weighted by Gasteiger charge is -2.30. The van der Waals surface area contributed by atoms with Gasteiger partial charge in [-0.25, -0.2) is 0 Å². The van der Waals surface area contributed by atoms with E-state index in [9.17, 15) is 4.79 Å². The Morgan fingerprint density at radius 1 is 1.18 bits per heavy atom. The number of piperidine rings is 1. The van der Waals surface area contributed by atoms with Gasteiger partial charge in [0.2, 0.25) is 5.91 Å². The van der Waals surface area contributed by atoms with Gasteiger partial charge in [0.1, 0.15) is 5.75 Å². The van der Waals surface area contributed by atoms with Gasteiger partial charge >= 0.3 is 0 Å². The largest absolute Gasteiger partial charge is 0.497 e. The summed E-state index contributed by atoms with van der Waals surface area (Å²) in [6.45, 7) is 2.67. The first-order chi connectivity index (χ1) is 10.3. The molecule has 1 saturated carbocycles. The van der Waals surface area contributed by atoms with Crippen molar-refractivity contribution >= 4 is 18.3 Å². The number of rotatable bonds is 5. The lowest BCUT2D eigenvalue weighted by Crippen LogP contribution is -2.41. The maximum atomic E-state index is 12.8. The topological polar surface area (TPSA) is 41.6 Å². The van der Waals surface area contributed by atoms with Crippen LogP contribution in [0.25, 0.3) is 0 Å². The number of amides is 1. The molecule has 1 saturated heterocycles. The quantitative estimate of drug-likeness (QED) is 0.905. The summed E-state index contributed by atoms with van der Waals surface area (Å²) >= 11 is 0. The summed E-state index contributed by atoms with van der Waals surface area (Å²) in [6, 6.07) is 8.52. The van der Waals surface area contributed by atoms with Crippen molar-refractivity contribution in [1.82, 2.24) is 10.2 Å². The Morgan fingerprint density at radius 2 is 1.82 bits per heavy atom. The second-order valence-electron chi connectivity index (χ2n) is 6.07. The van der Waals surface area contributed by atoms with Crippen molar-refractivity contribution < 1.29 is 9.53 Å². The van der Waals surface area contributed by atoms with E-state index < -0.39 is 0 Å². The molecule has 3 rings (SSSR count). The van der Waals surface area contributed by atoms with Crippen LogP contribution in [0.1, 0.15) is 31.2 Å². The molecule has 1 N–H and O–H groups in total. The maximum Gasteiger partial charge on any atom is 0.226 e. The molecule has 1 heterocycles. The number of hydrogen-bond donors (Lipinski definition) is 1. The first kappa shape index (κ1) is 17.1. The molecule has 1 aromatic carbocycles. The molecule has 2 aliphatic rings. The summed E-state index contributed by atoms with van der Waals surface area (Å²) in [5.74, 6) is 1.43. The highest BCUT2D eigenvalue weighted by Gasteiger charge is 2.36. The first-order valence-electron chi connectivity index (χ1n) is 7.92. The Labute approximate surface area is 138 Å². The highest BCUT2D eigenvalue weighted by Crippen LogP contribution is 2.31. The SMILES string of the molecule is COc1ccc(CN(C(=O)C2CCNCC2)C2CC2)cc1.Cl. The third kappa shape index (κ3) is 4.14. The predicted molar refractivity (Wildman–Crippen MR) is 89.4 cm³/mol. The van der Waals surface area contributed by atoms with Crippen molar-refractivity contribution in [2.45, 2.75) is 38.3 Å². The normalized spacial score (nSPS) is 18.4. The molecular weight excluding hydrogens is 300 g/mol. The smallest absolute Gasteiger partial charge is 0.226 e. The van der Waals surface area contributed by atoms with Crippen LogP contribution in [0.4, 0.5) is 0 Å². The van der Waals surface area contributed by atoms with Gasteiger partial charge < -0.3 is 15.0 Å². The molecule has 0 spiro atoms. The number of carbonyl (C=O) groups is 1. The van der Waals surface area contributed by atoms with Gasteiger partial charge in [0.25, 0.3) is 0 Å². The second-order valence-corrected chi connectivity index (χ2v) is 6.07. The number of nitrogens with zero attached hydrogens (tertiary/aromatic N) is 1. The van der Waals surface area contributed by atoms with Crippen LogP contribution < -0.4 is 10.1 Å². The number of benzene rings is 1. The summed E-state index contributed by atoms with van der Waals surface area (Å²) in [5.41, 5.74) is 1.19. The van der Waals surface area contributed by atoms with E-state index in [2.05, 4.69) is 22.3 Å². The van der Waals surface area contributed by atoms with E-state index in [4.69, 9.17) is 4.74 Å². The lowest BCUT2D eigenvalue weighted by molar-refractivity contribution is -0.137. The van der Waals surface area contributed by atoms with Crippen LogP contribution in [0.2, 0.25) is 0 Å². The van der Waals surface area contributed by atoms with Gasteiger partial charge in [-0.2, -0.15) is 0 Å². The maximum absolute atomic E-state index is 12.8. The zero-order valence-corrected chi connectivity index (χ0v) is 13.9. The Kier molecular flexibility index (Phi) is 6.09. The summed E-state index contributed by atoms with van der Waals surface area (Å²) in [6.07, 6.45) is 4.27. The van der Waals surface area contributed by atoms with E-state index in [0.29, 0.717) is 11.9 Å². The average Bonchev–Trinajstić information content (AvgIpc) is 3.38. The summed E-state index contributed by atoms with van der Waals surface area (Å²) in [5, 5.41) is 3.33. The van der Waals surface area contributed by atoms with Crippen molar-refractivity contribution in [3.63, 3.8) is 0 Å². The first-order valence-corrected chi connectivity index (χ1v) is 7.92. The Bertz CT molecular complexity index is 482. The van der Waals surface area contributed by atoms with E-state index in [1.165, 1.54) is 5.56 Å². The number of hydrogen-bond acceptors (Lipinski definition) is 3. The molecule has 5 heteroatoms. The zero-order chi connectivity index (χ0) is 14.7.